The Balaban J connectivity index is 1.95. The summed E-state index contributed by atoms with van der Waals surface area (Å²) in [6.45, 7) is 10.9. The van der Waals surface area contributed by atoms with E-state index in [9.17, 15) is 4.79 Å². The lowest BCUT2D eigenvalue weighted by Crippen LogP contribution is -2.62. The summed E-state index contributed by atoms with van der Waals surface area (Å²) in [5, 5.41) is 3.32. The van der Waals surface area contributed by atoms with Crippen LogP contribution >= 0.6 is 0 Å². The first-order chi connectivity index (χ1) is 10.2. The third kappa shape index (κ3) is 3.96. The average molecular weight is 297 g/mol. The van der Waals surface area contributed by atoms with E-state index >= 15 is 0 Å². The van der Waals surface area contributed by atoms with E-state index in [1.54, 1.807) is 0 Å². The molecule has 0 aromatic carbocycles. The van der Waals surface area contributed by atoms with Gasteiger partial charge in [0.2, 0.25) is 0 Å². The second kappa shape index (κ2) is 7.56. The van der Waals surface area contributed by atoms with Crippen LogP contribution in [-0.2, 0) is 9.53 Å². The lowest BCUT2D eigenvalue weighted by molar-refractivity contribution is -0.153. The van der Waals surface area contributed by atoms with Crippen molar-refractivity contribution in [1.29, 1.82) is 0 Å². The zero-order valence-corrected chi connectivity index (χ0v) is 13.9. The number of hydrogen-bond donors (Lipinski definition) is 1. The molecule has 21 heavy (non-hydrogen) atoms. The molecule has 2 aliphatic rings. The molecule has 5 heteroatoms. The van der Waals surface area contributed by atoms with Crippen LogP contribution in [-0.4, -0.2) is 74.2 Å². The van der Waals surface area contributed by atoms with Gasteiger partial charge in [-0.2, -0.15) is 0 Å². The summed E-state index contributed by atoms with van der Waals surface area (Å²) in [6, 6.07) is 0. The molecule has 122 valence electrons. The van der Waals surface area contributed by atoms with E-state index in [1.165, 1.54) is 13.0 Å². The Morgan fingerprint density at radius 3 is 2.29 bits per heavy atom. The van der Waals surface area contributed by atoms with Crippen LogP contribution in [0, 0.1) is 5.92 Å². The molecule has 0 spiro atoms. The average Bonchev–Trinajstić information content (AvgIpc) is 3.32. The first-order valence-corrected chi connectivity index (χ1v) is 8.47. The van der Waals surface area contributed by atoms with Crippen LogP contribution in [0.25, 0.3) is 0 Å². The fourth-order valence-corrected chi connectivity index (χ4v) is 3.42. The number of nitrogens with zero attached hydrogens (tertiary/aromatic N) is 2. The molecule has 0 aromatic heterocycles. The molecule has 0 amide bonds. The van der Waals surface area contributed by atoms with Crippen molar-refractivity contribution in [3.8, 4) is 0 Å². The van der Waals surface area contributed by atoms with Crippen LogP contribution in [0.15, 0.2) is 0 Å². The fourth-order valence-electron chi connectivity index (χ4n) is 3.42. The molecule has 1 N–H and O–H groups in total. The zero-order valence-electron chi connectivity index (χ0n) is 13.9. The molecule has 5 nitrogen and oxygen atoms in total. The molecular weight excluding hydrogens is 266 g/mol. The highest BCUT2D eigenvalue weighted by molar-refractivity contribution is 5.82. The number of nitrogens with one attached hydrogen (secondary N) is 1. The standard InChI is InChI=1S/C16H31N3O2/c1-4-8-18-9-11-19(12-10-18)13-16(17-3,14-6-7-14)15(20)21-5-2/h14,17H,4-13H2,1-3H3. The van der Waals surface area contributed by atoms with Crippen molar-refractivity contribution in [2.45, 2.75) is 38.6 Å². The topological polar surface area (TPSA) is 44.8 Å². The van der Waals surface area contributed by atoms with Gasteiger partial charge in [0.15, 0.2) is 0 Å². The number of piperazine rings is 1. The molecule has 1 unspecified atom stereocenters. The Kier molecular flexibility index (Phi) is 6.02. The summed E-state index contributed by atoms with van der Waals surface area (Å²) in [5.74, 6) is 0.376. The van der Waals surface area contributed by atoms with Crippen LogP contribution in [0.4, 0.5) is 0 Å². The molecule has 0 radical (unpaired) electrons. The number of rotatable bonds is 8. The van der Waals surface area contributed by atoms with Gasteiger partial charge >= 0.3 is 5.97 Å². The van der Waals surface area contributed by atoms with E-state index in [0.29, 0.717) is 12.5 Å². The van der Waals surface area contributed by atoms with Gasteiger partial charge in [-0.1, -0.05) is 6.92 Å². The summed E-state index contributed by atoms with van der Waals surface area (Å²) in [6.07, 6.45) is 3.48. The Labute approximate surface area is 129 Å². The van der Waals surface area contributed by atoms with Gasteiger partial charge in [-0.15, -0.1) is 0 Å². The second-order valence-electron chi connectivity index (χ2n) is 6.33. The van der Waals surface area contributed by atoms with E-state index in [1.807, 2.05) is 14.0 Å². The summed E-state index contributed by atoms with van der Waals surface area (Å²) in [7, 11) is 1.91. The fraction of sp³-hybridized carbons (Fsp3) is 0.938. The molecule has 1 aliphatic carbocycles. The Morgan fingerprint density at radius 1 is 1.19 bits per heavy atom. The number of carbonyl (C=O) groups is 1. The number of hydrogen-bond acceptors (Lipinski definition) is 5. The lowest BCUT2D eigenvalue weighted by Gasteiger charge is -2.40. The lowest BCUT2D eigenvalue weighted by atomic mass is 9.92. The third-order valence-corrected chi connectivity index (χ3v) is 4.84. The van der Waals surface area contributed by atoms with Crippen molar-refractivity contribution in [3.63, 3.8) is 0 Å². The maximum absolute atomic E-state index is 12.5. The molecule has 1 saturated carbocycles. The molecule has 1 heterocycles. The van der Waals surface area contributed by atoms with E-state index in [-0.39, 0.29) is 5.97 Å². The maximum atomic E-state index is 12.5. The molecule has 2 fully saturated rings. The predicted octanol–water partition coefficient (Wildman–Crippen LogP) is 0.945. The Bertz CT molecular complexity index is 338. The molecule has 0 aromatic rings. The first-order valence-electron chi connectivity index (χ1n) is 8.47. The van der Waals surface area contributed by atoms with Gasteiger partial charge in [0.25, 0.3) is 0 Å². The Hall–Kier alpha value is -0.650. The van der Waals surface area contributed by atoms with E-state index in [0.717, 1.165) is 45.6 Å². The van der Waals surface area contributed by atoms with Gasteiger partial charge in [-0.3, -0.25) is 4.90 Å². The van der Waals surface area contributed by atoms with Gasteiger partial charge in [0.1, 0.15) is 5.54 Å². The van der Waals surface area contributed by atoms with E-state index < -0.39 is 5.54 Å². The van der Waals surface area contributed by atoms with Crippen molar-refractivity contribution in [1.82, 2.24) is 15.1 Å². The van der Waals surface area contributed by atoms with E-state index in [4.69, 9.17) is 4.74 Å². The molecular formula is C16H31N3O2. The zero-order chi connectivity index (χ0) is 15.3. The monoisotopic (exact) mass is 297 g/mol. The van der Waals surface area contributed by atoms with Gasteiger partial charge in [0, 0.05) is 32.7 Å². The van der Waals surface area contributed by atoms with Gasteiger partial charge < -0.3 is 15.0 Å². The highest BCUT2D eigenvalue weighted by Crippen LogP contribution is 2.41. The van der Waals surface area contributed by atoms with Crippen LogP contribution in [0.2, 0.25) is 0 Å². The minimum atomic E-state index is -0.497. The van der Waals surface area contributed by atoms with Crippen molar-refractivity contribution < 1.29 is 9.53 Å². The summed E-state index contributed by atoms with van der Waals surface area (Å²) in [4.78, 5) is 17.4. The number of likely N-dealkylation sites (N-methyl/N-ethyl adjacent to an activating group) is 1. The largest absolute Gasteiger partial charge is 0.465 e. The van der Waals surface area contributed by atoms with Crippen LogP contribution in [0.1, 0.15) is 33.1 Å². The SMILES string of the molecule is CCCN1CCN(CC(NC)(C(=O)OCC)C2CC2)CC1. The Morgan fingerprint density at radius 2 is 1.81 bits per heavy atom. The minimum Gasteiger partial charge on any atom is -0.465 e. The van der Waals surface area contributed by atoms with Crippen molar-refractivity contribution in [2.24, 2.45) is 5.92 Å². The number of carbonyl (C=O) groups excluding carboxylic acids is 1. The molecule has 1 aliphatic heterocycles. The molecule has 2 rings (SSSR count). The smallest absolute Gasteiger partial charge is 0.327 e. The predicted molar refractivity (Wildman–Crippen MR) is 84.3 cm³/mol. The molecule has 1 saturated heterocycles. The summed E-state index contributed by atoms with van der Waals surface area (Å²) < 4.78 is 5.36. The van der Waals surface area contributed by atoms with E-state index in [2.05, 4.69) is 22.0 Å². The maximum Gasteiger partial charge on any atom is 0.327 e. The van der Waals surface area contributed by atoms with Crippen LogP contribution < -0.4 is 5.32 Å². The third-order valence-electron chi connectivity index (χ3n) is 4.84. The van der Waals surface area contributed by atoms with Gasteiger partial charge in [-0.25, -0.2) is 4.79 Å². The summed E-state index contributed by atoms with van der Waals surface area (Å²) in [5.41, 5.74) is -0.497. The highest BCUT2D eigenvalue weighted by atomic mass is 16.5. The second-order valence-corrected chi connectivity index (χ2v) is 6.33. The molecule has 1 atom stereocenters. The normalized spacial score (nSPS) is 23.8. The van der Waals surface area contributed by atoms with Crippen molar-refractivity contribution in [2.75, 3.05) is 52.9 Å². The first kappa shape index (κ1) is 16.7. The minimum absolute atomic E-state index is 0.0639. The summed E-state index contributed by atoms with van der Waals surface area (Å²) >= 11 is 0. The van der Waals surface area contributed by atoms with Crippen molar-refractivity contribution >= 4 is 5.97 Å². The highest BCUT2D eigenvalue weighted by Gasteiger charge is 2.52. The number of esters is 1. The molecule has 0 bridgehead atoms. The van der Waals surface area contributed by atoms with Crippen LogP contribution in [0.5, 0.6) is 0 Å². The van der Waals surface area contributed by atoms with Gasteiger partial charge in [-0.05, 0) is 45.7 Å². The number of ether oxygens (including phenoxy) is 1. The van der Waals surface area contributed by atoms with Crippen LogP contribution in [0.3, 0.4) is 0 Å². The van der Waals surface area contributed by atoms with Crippen molar-refractivity contribution in [3.05, 3.63) is 0 Å². The van der Waals surface area contributed by atoms with Gasteiger partial charge in [0.05, 0.1) is 6.61 Å². The quantitative estimate of drug-likeness (QED) is 0.676.